The highest BCUT2D eigenvalue weighted by Crippen LogP contribution is 2.03. The monoisotopic (exact) mass is 547 g/mol. The maximum absolute atomic E-state index is 11.9. The van der Waals surface area contributed by atoms with Crippen molar-refractivity contribution in [1.29, 1.82) is 0 Å². The van der Waals surface area contributed by atoms with Crippen LogP contribution in [0.3, 0.4) is 0 Å². The number of guanidine groups is 1. The van der Waals surface area contributed by atoms with Crippen molar-refractivity contribution in [2.75, 3.05) is 73.2 Å². The minimum absolute atomic E-state index is 0. The highest BCUT2D eigenvalue weighted by atomic mass is 127. The maximum Gasteiger partial charge on any atom is 0.243 e. The van der Waals surface area contributed by atoms with Crippen LogP contribution in [-0.4, -0.2) is 94.9 Å². The van der Waals surface area contributed by atoms with E-state index in [1.165, 1.54) is 5.56 Å². The Kier molecular flexibility index (Phi) is 14.5. The molecule has 1 aromatic rings. The van der Waals surface area contributed by atoms with Gasteiger partial charge >= 0.3 is 0 Å². The molecule has 8 nitrogen and oxygen atoms in total. The summed E-state index contributed by atoms with van der Waals surface area (Å²) in [5.41, 5.74) is 1.17. The summed E-state index contributed by atoms with van der Waals surface area (Å²) in [4.78, 5) is 20.3. The average Bonchev–Trinajstić information content (AvgIpc) is 2.76. The smallest absolute Gasteiger partial charge is 0.243 e. The van der Waals surface area contributed by atoms with E-state index in [0.29, 0.717) is 31.6 Å². The number of carbonyl (C=O) groups is 1. The molecule has 1 fully saturated rings. The predicted octanol–water partition coefficient (Wildman–Crippen LogP) is 1.41. The van der Waals surface area contributed by atoms with Gasteiger partial charge in [-0.15, -0.1) is 24.0 Å². The van der Waals surface area contributed by atoms with Crippen LogP contribution in [0.1, 0.15) is 12.5 Å². The third-order valence-electron chi connectivity index (χ3n) is 4.83. The quantitative estimate of drug-likeness (QED) is 0.248. The molecule has 0 spiro atoms. The summed E-state index contributed by atoms with van der Waals surface area (Å²) in [6.07, 6.45) is 0. The van der Waals surface area contributed by atoms with Gasteiger partial charge in [-0.05, 0) is 11.5 Å². The van der Waals surface area contributed by atoms with Gasteiger partial charge in [-0.25, -0.2) is 4.99 Å². The number of aliphatic imine (C=N–C) groups is 1. The first-order valence-corrected chi connectivity index (χ1v) is 10.7. The fraction of sp³-hybridized carbons (Fsp3) is 0.636. The van der Waals surface area contributed by atoms with E-state index in [1.54, 1.807) is 19.0 Å². The van der Waals surface area contributed by atoms with Crippen molar-refractivity contribution in [3.63, 3.8) is 0 Å². The highest BCUT2D eigenvalue weighted by molar-refractivity contribution is 14.0. The molecule has 1 saturated heterocycles. The normalized spacial score (nSPS) is 15.6. The maximum atomic E-state index is 11.9. The Hall–Kier alpha value is -1.43. The number of hydrogen-bond donors (Lipinski definition) is 2. The number of carbonyl (C=O) groups excluding carboxylic acids is 1. The van der Waals surface area contributed by atoms with Crippen molar-refractivity contribution in [2.24, 2.45) is 10.9 Å². The molecule has 1 aliphatic heterocycles. The van der Waals surface area contributed by atoms with Gasteiger partial charge in [0.2, 0.25) is 5.91 Å². The van der Waals surface area contributed by atoms with Gasteiger partial charge in [-0.2, -0.15) is 0 Å². The molecule has 1 aromatic carbocycles. The van der Waals surface area contributed by atoms with E-state index < -0.39 is 0 Å². The Morgan fingerprint density at radius 1 is 1.23 bits per heavy atom. The summed E-state index contributed by atoms with van der Waals surface area (Å²) in [6, 6.07) is 10.2. The predicted molar refractivity (Wildman–Crippen MR) is 135 cm³/mol. The Morgan fingerprint density at radius 2 is 1.94 bits per heavy atom. The van der Waals surface area contributed by atoms with Crippen LogP contribution in [0.5, 0.6) is 0 Å². The van der Waals surface area contributed by atoms with Gasteiger partial charge in [0, 0.05) is 46.8 Å². The fourth-order valence-electron chi connectivity index (χ4n) is 2.90. The van der Waals surface area contributed by atoms with Crippen LogP contribution >= 0.6 is 24.0 Å². The lowest BCUT2D eigenvalue weighted by Crippen LogP contribution is -2.45. The molecular weight excluding hydrogens is 509 g/mol. The number of halogens is 1. The molecule has 0 aliphatic carbocycles. The molecule has 1 aliphatic rings. The third-order valence-corrected chi connectivity index (χ3v) is 4.83. The van der Waals surface area contributed by atoms with E-state index in [4.69, 9.17) is 9.47 Å². The minimum Gasteiger partial charge on any atom is -0.379 e. The number of amides is 1. The van der Waals surface area contributed by atoms with E-state index in [-0.39, 0.29) is 36.4 Å². The molecule has 31 heavy (non-hydrogen) atoms. The van der Waals surface area contributed by atoms with Crippen molar-refractivity contribution < 1.29 is 14.3 Å². The Balaban J connectivity index is 0.00000480. The SMILES string of the molecule is CC(CNC(=NCC(=O)N(C)C)NCCN1CCOCC1)COCc1ccccc1.I. The molecule has 0 radical (unpaired) electrons. The number of morpholine rings is 1. The van der Waals surface area contributed by atoms with E-state index in [9.17, 15) is 4.79 Å². The molecule has 0 bridgehead atoms. The molecule has 9 heteroatoms. The topological polar surface area (TPSA) is 78.4 Å². The number of nitrogens with zero attached hydrogens (tertiary/aromatic N) is 3. The number of likely N-dealkylation sites (N-methyl/N-ethyl adjacent to an activating group) is 1. The number of rotatable bonds is 11. The minimum atomic E-state index is -0.0245. The second-order valence-electron chi connectivity index (χ2n) is 7.82. The van der Waals surface area contributed by atoms with Crippen LogP contribution in [0, 0.1) is 5.92 Å². The fourth-order valence-corrected chi connectivity index (χ4v) is 2.90. The third kappa shape index (κ3) is 12.3. The van der Waals surface area contributed by atoms with Crippen molar-refractivity contribution in [1.82, 2.24) is 20.4 Å². The van der Waals surface area contributed by atoms with Gasteiger partial charge in [0.1, 0.15) is 6.54 Å². The lowest BCUT2D eigenvalue weighted by molar-refractivity contribution is -0.127. The zero-order valence-electron chi connectivity index (χ0n) is 19.0. The Bertz CT molecular complexity index is 639. The molecular formula is C22H38IN5O3. The van der Waals surface area contributed by atoms with Gasteiger partial charge in [0.05, 0.1) is 26.4 Å². The van der Waals surface area contributed by atoms with Crippen molar-refractivity contribution in [3.8, 4) is 0 Å². The van der Waals surface area contributed by atoms with E-state index in [1.807, 2.05) is 18.2 Å². The summed E-state index contributed by atoms with van der Waals surface area (Å²) in [6.45, 7) is 9.41. The molecule has 176 valence electrons. The van der Waals surface area contributed by atoms with Crippen LogP contribution in [-0.2, 0) is 20.9 Å². The van der Waals surface area contributed by atoms with Crippen molar-refractivity contribution in [3.05, 3.63) is 35.9 Å². The summed E-state index contributed by atoms with van der Waals surface area (Å²) < 4.78 is 11.2. The second-order valence-corrected chi connectivity index (χ2v) is 7.82. The van der Waals surface area contributed by atoms with E-state index in [0.717, 1.165) is 39.4 Å². The van der Waals surface area contributed by atoms with Crippen LogP contribution in [0.25, 0.3) is 0 Å². The largest absolute Gasteiger partial charge is 0.379 e. The lowest BCUT2D eigenvalue weighted by Gasteiger charge is -2.27. The number of ether oxygens (including phenoxy) is 2. The number of hydrogen-bond acceptors (Lipinski definition) is 5. The van der Waals surface area contributed by atoms with Crippen LogP contribution < -0.4 is 10.6 Å². The molecule has 2 N–H and O–H groups in total. The first kappa shape index (κ1) is 27.6. The van der Waals surface area contributed by atoms with Gasteiger partial charge in [0.15, 0.2) is 5.96 Å². The summed E-state index contributed by atoms with van der Waals surface area (Å²) >= 11 is 0. The number of benzene rings is 1. The zero-order chi connectivity index (χ0) is 21.6. The molecule has 1 unspecified atom stereocenters. The van der Waals surface area contributed by atoms with Crippen molar-refractivity contribution >= 4 is 35.8 Å². The van der Waals surface area contributed by atoms with Crippen LogP contribution in [0.2, 0.25) is 0 Å². The van der Waals surface area contributed by atoms with Gasteiger partial charge in [-0.1, -0.05) is 37.3 Å². The zero-order valence-corrected chi connectivity index (χ0v) is 21.3. The van der Waals surface area contributed by atoms with Gasteiger partial charge in [0.25, 0.3) is 0 Å². The molecule has 2 rings (SSSR count). The van der Waals surface area contributed by atoms with E-state index >= 15 is 0 Å². The highest BCUT2D eigenvalue weighted by Gasteiger charge is 2.11. The van der Waals surface area contributed by atoms with Crippen LogP contribution in [0.15, 0.2) is 35.3 Å². The van der Waals surface area contributed by atoms with Crippen LogP contribution in [0.4, 0.5) is 0 Å². The summed E-state index contributed by atoms with van der Waals surface area (Å²) in [5, 5.41) is 6.69. The summed E-state index contributed by atoms with van der Waals surface area (Å²) in [7, 11) is 3.48. The molecule has 1 heterocycles. The molecule has 1 amide bonds. The molecule has 1 atom stereocenters. The molecule has 0 aromatic heterocycles. The Labute approximate surface area is 203 Å². The lowest BCUT2D eigenvalue weighted by atomic mass is 10.2. The van der Waals surface area contributed by atoms with Crippen molar-refractivity contribution in [2.45, 2.75) is 13.5 Å². The summed E-state index contributed by atoms with van der Waals surface area (Å²) in [5.74, 6) is 0.946. The Morgan fingerprint density at radius 3 is 2.61 bits per heavy atom. The first-order chi connectivity index (χ1) is 14.5. The second kappa shape index (κ2) is 16.2. The number of nitrogens with one attached hydrogen (secondary N) is 2. The molecule has 0 saturated carbocycles. The van der Waals surface area contributed by atoms with E-state index in [2.05, 4.69) is 39.6 Å². The van der Waals surface area contributed by atoms with Gasteiger partial charge in [-0.3, -0.25) is 9.69 Å². The standard InChI is InChI=1S/C22H37N5O3.HI/c1-19(17-30-18-20-7-5-4-6-8-20)15-24-22(25-16-21(28)26(2)3)23-9-10-27-11-13-29-14-12-27;/h4-8,19H,9-18H2,1-3H3,(H2,23,24,25);1H. The average molecular weight is 547 g/mol. The first-order valence-electron chi connectivity index (χ1n) is 10.7. The van der Waals surface area contributed by atoms with Gasteiger partial charge < -0.3 is 25.0 Å².